The Kier molecular flexibility index (Phi) is 15.0. The average molecular weight is 1330 g/mol. The number of epoxide rings is 1. The van der Waals surface area contributed by atoms with Gasteiger partial charge < -0.3 is 65.6 Å². The Hall–Kier alpha value is -3.06. The molecule has 1 aromatic carbocycles. The minimum atomic E-state index is -2.07. The molecular formula is C77H102N2O13S2. The van der Waals surface area contributed by atoms with E-state index >= 15 is 9.59 Å². The van der Waals surface area contributed by atoms with E-state index in [2.05, 4.69) is 68.3 Å². The number of piperidine rings is 1. The molecule has 94 heavy (non-hydrogen) atoms. The van der Waals surface area contributed by atoms with Gasteiger partial charge in [0.2, 0.25) is 5.91 Å². The minimum Gasteiger partial charge on any atom is -0.508 e. The van der Waals surface area contributed by atoms with Gasteiger partial charge in [0.25, 0.3) is 0 Å². The number of anilines is 1. The molecule has 27 atom stereocenters. The van der Waals surface area contributed by atoms with E-state index in [9.17, 15) is 46.0 Å². The molecule has 0 aromatic heterocycles. The maximum absolute atomic E-state index is 17.2. The summed E-state index contributed by atoms with van der Waals surface area (Å²) in [6, 6.07) is 5.30. The number of aliphatic hydroxyl groups excluding tert-OH is 5. The summed E-state index contributed by atoms with van der Waals surface area (Å²) in [5, 5.41) is 124. The number of nitrogens with zero attached hydrogens (tertiary/aromatic N) is 1. The number of carbonyl (C=O) groups excluding carboxylic acids is 2. The highest BCUT2D eigenvalue weighted by molar-refractivity contribution is 8.76. The van der Waals surface area contributed by atoms with Gasteiger partial charge in [-0.25, -0.2) is 0 Å². The van der Waals surface area contributed by atoms with Crippen LogP contribution in [0.4, 0.5) is 5.69 Å². The summed E-state index contributed by atoms with van der Waals surface area (Å²) in [6.07, 6.45) is 20.9. The van der Waals surface area contributed by atoms with Crippen LogP contribution in [0.25, 0.3) is 0 Å². The molecule has 10 N–H and O–H groups in total. The quantitative estimate of drug-likeness (QED) is 0.0573. The molecule has 10 aliphatic carbocycles. The normalized spacial score (nSPS) is 51.8. The van der Waals surface area contributed by atoms with Crippen molar-refractivity contribution in [2.75, 3.05) is 37.0 Å². The maximum Gasteiger partial charge on any atom is 0.234 e. The van der Waals surface area contributed by atoms with Gasteiger partial charge >= 0.3 is 0 Å². The number of allylic oxidation sites excluding steroid dienone is 3. The zero-order valence-electron chi connectivity index (χ0n) is 55.5. The van der Waals surface area contributed by atoms with E-state index in [4.69, 9.17) is 9.47 Å². The molecule has 11 bridgehead atoms. The molecule has 0 radical (unpaired) electrons. The second-order valence-corrected chi connectivity index (χ2v) is 36.9. The standard InChI is InChI=1S/C77H102N2O13S2/c1-42(2)43(3)63-65(92-63)74(88)22-9-16-49-31-55-56-34-60(83)73(37-61(84)76(90,41-81)71(68(55,73)4)20-5-6-21-71)67(87)94-93-39-51-15-8-14-50(38-80)77(51)66(86)79(52-27-45(28-53(82)32-52)18-24-72(49)59(74)19-25-75(56,72)89)40-69(77)36-47-12-7-11-44-17-23-70(35-44)54-33-58-46(13-10-26-91-58)29-48(54)30-57(78-70)62(47)64(69)85/h9-10,13,16,27-29,32,34,42-44,47-51,54-55,57-59,61-65,67,78,80-82,84-85,87-90H,5-6,8,11,14-15,17-26,30-31,33,35-41H2,1-4H3/t43-,44+,47+,48+,49-,50+,51+,54+,55+,57-,58-,59+,61-,62-,63+,64-,65-,67+,68+,69+,70-,72-,73+,74-,75-,76-,77+/m1/s1. The summed E-state index contributed by atoms with van der Waals surface area (Å²) >= 11 is 0. The van der Waals surface area contributed by atoms with Crippen LogP contribution in [0.1, 0.15) is 162 Å². The van der Waals surface area contributed by atoms with Crippen molar-refractivity contribution >= 4 is 39.0 Å². The summed E-state index contributed by atoms with van der Waals surface area (Å²) in [7, 11) is 2.57. The molecule has 7 saturated carbocycles. The predicted molar refractivity (Wildman–Crippen MR) is 358 cm³/mol. The topological polar surface area (TPSA) is 253 Å². The fraction of sp³-hybridized carbons (Fsp3) is 0.766. The van der Waals surface area contributed by atoms with Crippen molar-refractivity contribution in [2.24, 2.45) is 104 Å². The lowest BCUT2D eigenvalue weighted by Crippen LogP contribution is -2.79. The number of phenols is 1. The lowest BCUT2D eigenvalue weighted by Gasteiger charge is -2.74. The molecule has 19 rings (SSSR count). The zero-order chi connectivity index (χ0) is 65.3. The van der Waals surface area contributed by atoms with Gasteiger partial charge in [-0.1, -0.05) is 105 Å². The van der Waals surface area contributed by atoms with E-state index in [1.165, 1.54) is 27.2 Å². The van der Waals surface area contributed by atoms with Crippen molar-refractivity contribution in [2.45, 2.75) is 227 Å². The number of aliphatic hydroxyl groups is 8. The highest BCUT2D eigenvalue weighted by Crippen LogP contribution is 2.82. The van der Waals surface area contributed by atoms with Crippen LogP contribution in [-0.4, -0.2) is 154 Å². The number of phenolic OH excluding ortho intramolecular Hbond substituents is 1. The Balaban J connectivity index is 0.845. The number of carbonyl (C=O) groups is 2. The van der Waals surface area contributed by atoms with E-state index in [-0.39, 0.29) is 97.4 Å². The molecule has 1 amide bonds. The summed E-state index contributed by atoms with van der Waals surface area (Å²) in [6.45, 7) is 8.22. The van der Waals surface area contributed by atoms with Crippen LogP contribution in [0.2, 0.25) is 0 Å². The van der Waals surface area contributed by atoms with Crippen LogP contribution in [0.15, 0.2) is 65.8 Å². The SMILES string of the molecule is CC(C)[C@@H](C)[C@@H]1O[C@H]1[C@@]1(O)CC=C[C@@H]2C[C@H]3C4=CC(=O)[C@@]5(C[C@@H](O)[C@](O)(CO)C6(CCCC6)[C@]35C)[C@@H](O)SSC[C@@H]3CCC[C@@H](CO)[C@@]35C(=O)N(C[C@]53C[C@@H]5C#CC[C@H]6CC[C@]7(C6)N[C@H](C[C@@H]6C=C8C=CCO[C@@H]8C[C@@H]67)[C@@H]5[C@H]3O)c3cc(O)cc(c3)CC[C@]23[C@@H]1CC[C@@]43O. The highest BCUT2D eigenvalue weighted by Gasteiger charge is 2.84. The first-order valence-corrected chi connectivity index (χ1v) is 39.1. The van der Waals surface area contributed by atoms with Gasteiger partial charge in [-0.15, -0.1) is 5.92 Å². The number of ether oxygens (including phenoxy) is 2. The fourth-order valence-corrected chi connectivity index (χ4v) is 30.3. The number of nitrogens with one attached hydrogen (secondary N) is 1. The number of hydrogen-bond acceptors (Lipinski definition) is 16. The van der Waals surface area contributed by atoms with Gasteiger partial charge in [0.15, 0.2) is 5.78 Å². The third-order valence-corrected chi connectivity index (χ3v) is 34.1. The van der Waals surface area contributed by atoms with E-state index in [1.54, 1.807) is 18.2 Å². The number of ketones is 1. The number of rotatable bonds is 5. The largest absolute Gasteiger partial charge is 0.508 e. The van der Waals surface area contributed by atoms with E-state index in [0.717, 1.165) is 44.1 Å². The van der Waals surface area contributed by atoms with Gasteiger partial charge in [0.05, 0.1) is 54.1 Å². The predicted octanol–water partition coefficient (Wildman–Crippen LogP) is 8.65. The highest BCUT2D eigenvalue weighted by atomic mass is 33.1. The Morgan fingerprint density at radius 1 is 0.904 bits per heavy atom. The van der Waals surface area contributed by atoms with Crippen LogP contribution >= 0.6 is 21.6 Å². The molecule has 18 aliphatic rings. The molecular weight excluding hydrogens is 1220 g/mol. The van der Waals surface area contributed by atoms with Crippen molar-refractivity contribution in [1.29, 1.82) is 0 Å². The lowest BCUT2D eigenvalue weighted by molar-refractivity contribution is -0.309. The molecule has 15 nitrogen and oxygen atoms in total. The lowest BCUT2D eigenvalue weighted by atomic mass is 9.31. The van der Waals surface area contributed by atoms with E-state index < -0.39 is 115 Å². The van der Waals surface area contributed by atoms with Crippen molar-refractivity contribution in [3.8, 4) is 17.6 Å². The Morgan fingerprint density at radius 3 is 2.51 bits per heavy atom. The number of amides is 1. The molecule has 0 unspecified atom stereocenters. The molecule has 10 fully saturated rings. The molecule has 3 saturated heterocycles. The zero-order valence-corrected chi connectivity index (χ0v) is 57.1. The first-order chi connectivity index (χ1) is 45.0. The van der Waals surface area contributed by atoms with E-state index in [1.807, 2.05) is 17.9 Å². The third kappa shape index (κ3) is 8.02. The summed E-state index contributed by atoms with van der Waals surface area (Å²) < 4.78 is 13.1. The number of aryl methyl sites for hydroxylation is 1. The van der Waals surface area contributed by atoms with Crippen LogP contribution in [0.5, 0.6) is 5.75 Å². The van der Waals surface area contributed by atoms with Crippen molar-refractivity contribution < 1.29 is 65.0 Å². The molecule has 510 valence electrons. The number of aromatic hydroxyl groups is 1. The first kappa shape index (κ1) is 64.3. The van der Waals surface area contributed by atoms with Crippen molar-refractivity contribution in [3.05, 3.63) is 71.4 Å². The van der Waals surface area contributed by atoms with Crippen molar-refractivity contribution in [3.63, 3.8) is 0 Å². The summed E-state index contributed by atoms with van der Waals surface area (Å²) in [5.74, 6) is 5.36. The monoisotopic (exact) mass is 1330 g/mol. The summed E-state index contributed by atoms with van der Waals surface area (Å²) in [4.78, 5) is 35.7. The van der Waals surface area contributed by atoms with Gasteiger partial charge in [0, 0.05) is 82.7 Å². The minimum absolute atomic E-state index is 0.0347. The maximum atomic E-state index is 17.2. The average Bonchev–Trinajstić information content (AvgIpc) is 1.11. The number of fused-ring (bicyclic) bond motifs is 7. The van der Waals surface area contributed by atoms with Gasteiger partial charge in [-0.2, -0.15) is 0 Å². The molecule has 8 heterocycles. The Morgan fingerprint density at radius 2 is 1.72 bits per heavy atom. The summed E-state index contributed by atoms with van der Waals surface area (Å²) in [5.41, 5.74) is -12.0. The third-order valence-electron chi connectivity index (χ3n) is 31.5. The van der Waals surface area contributed by atoms with Gasteiger partial charge in [0.1, 0.15) is 28.5 Å². The van der Waals surface area contributed by atoms with Crippen LogP contribution in [0.3, 0.4) is 0 Å². The van der Waals surface area contributed by atoms with Gasteiger partial charge in [-0.05, 0) is 203 Å². The Bertz CT molecular complexity index is 3490. The van der Waals surface area contributed by atoms with E-state index in [0.29, 0.717) is 113 Å². The molecule has 17 heteroatoms. The Labute approximate surface area is 562 Å². The van der Waals surface area contributed by atoms with Crippen LogP contribution < -0.4 is 10.2 Å². The number of hydrogen-bond donors (Lipinski definition) is 10. The second kappa shape index (κ2) is 22.0. The smallest absolute Gasteiger partial charge is 0.234 e. The van der Waals surface area contributed by atoms with Crippen LogP contribution in [-0.2, 0) is 25.5 Å². The number of benzene rings is 1. The van der Waals surface area contributed by atoms with Crippen LogP contribution in [0, 0.1) is 115 Å². The fourth-order valence-electron chi connectivity index (χ4n) is 27.2. The van der Waals surface area contributed by atoms with Crippen molar-refractivity contribution in [1.82, 2.24) is 5.32 Å². The molecule has 1 aromatic rings. The second-order valence-electron chi connectivity index (χ2n) is 34.4. The molecule has 6 spiro atoms. The first-order valence-electron chi connectivity index (χ1n) is 36.7. The van der Waals surface area contributed by atoms with Gasteiger partial charge in [-0.3, -0.25) is 9.59 Å². The molecule has 8 aliphatic heterocycles.